The van der Waals surface area contributed by atoms with Crippen molar-refractivity contribution in [2.24, 2.45) is 10.8 Å². The lowest BCUT2D eigenvalue weighted by molar-refractivity contribution is -0.142. The Bertz CT molecular complexity index is 292. The number of nitrogens with zero attached hydrogens (tertiary/aromatic N) is 2. The molecule has 0 aromatic carbocycles. The quantitative estimate of drug-likeness (QED) is 0.358. The number of nitrogens with two attached hydrogens (primary N) is 1. The number of carbonyl (C=O) groups is 2. The Morgan fingerprint density at radius 2 is 2.43 bits per heavy atom. The first-order valence-corrected chi connectivity index (χ1v) is 4.77. The first-order valence-electron chi connectivity index (χ1n) is 3.89. The van der Waals surface area contributed by atoms with Crippen LogP contribution in [0.2, 0.25) is 0 Å². The van der Waals surface area contributed by atoms with Gasteiger partial charge in [0, 0.05) is 7.05 Å². The summed E-state index contributed by atoms with van der Waals surface area (Å²) in [6, 6.07) is 0. The first-order chi connectivity index (χ1) is 6.60. The van der Waals surface area contributed by atoms with Gasteiger partial charge in [0.15, 0.2) is 5.17 Å². The molecule has 0 aromatic rings. The summed E-state index contributed by atoms with van der Waals surface area (Å²) < 4.78 is 4.54. The van der Waals surface area contributed by atoms with E-state index in [9.17, 15) is 9.59 Å². The summed E-state index contributed by atoms with van der Waals surface area (Å²) in [6.45, 7) is 0. The van der Waals surface area contributed by atoms with E-state index in [1.165, 1.54) is 14.2 Å². The molecule has 1 aliphatic rings. The monoisotopic (exact) mass is 217 g/mol. The van der Waals surface area contributed by atoms with Crippen molar-refractivity contribution >= 4 is 28.8 Å². The number of amidine groups is 1. The van der Waals surface area contributed by atoms with E-state index in [4.69, 9.17) is 5.84 Å². The third kappa shape index (κ3) is 2.05. The van der Waals surface area contributed by atoms with Crippen LogP contribution in [0.3, 0.4) is 0 Å². The van der Waals surface area contributed by atoms with Gasteiger partial charge in [0.25, 0.3) is 0 Å². The average molecular weight is 217 g/mol. The van der Waals surface area contributed by atoms with E-state index in [0.717, 1.165) is 16.8 Å². The molecule has 1 fully saturated rings. The van der Waals surface area contributed by atoms with Crippen molar-refractivity contribution in [3.63, 3.8) is 0 Å². The van der Waals surface area contributed by atoms with E-state index in [0.29, 0.717) is 5.17 Å². The fraction of sp³-hybridized carbons (Fsp3) is 0.571. The van der Waals surface area contributed by atoms with Crippen LogP contribution < -0.4 is 5.84 Å². The number of esters is 1. The number of ether oxygens (including phenoxy) is 1. The highest BCUT2D eigenvalue weighted by atomic mass is 32.2. The van der Waals surface area contributed by atoms with Crippen LogP contribution in [0.25, 0.3) is 0 Å². The van der Waals surface area contributed by atoms with Gasteiger partial charge in [-0.05, 0) is 0 Å². The van der Waals surface area contributed by atoms with Gasteiger partial charge in [-0.25, -0.2) is 10.9 Å². The standard InChI is InChI=1S/C7H11N3O3S/c1-9-7-10(8)5(11)3-4(14-7)6(12)13-2/h4H,3,8H2,1-2H3. The van der Waals surface area contributed by atoms with E-state index < -0.39 is 11.2 Å². The lowest BCUT2D eigenvalue weighted by Gasteiger charge is -2.26. The van der Waals surface area contributed by atoms with Crippen LogP contribution in [-0.4, -0.2) is 41.5 Å². The Morgan fingerprint density at radius 3 is 2.93 bits per heavy atom. The second-order valence-corrected chi connectivity index (χ2v) is 3.77. The van der Waals surface area contributed by atoms with Crippen LogP contribution in [0.5, 0.6) is 0 Å². The molecule has 78 valence electrons. The van der Waals surface area contributed by atoms with Gasteiger partial charge in [-0.1, -0.05) is 11.8 Å². The normalized spacial score (nSPS) is 25.4. The zero-order valence-corrected chi connectivity index (χ0v) is 8.71. The molecule has 2 N–H and O–H groups in total. The number of aliphatic imine (C=N–C) groups is 1. The number of thioether (sulfide) groups is 1. The van der Waals surface area contributed by atoms with Crippen molar-refractivity contribution in [1.82, 2.24) is 5.01 Å². The molecule has 0 radical (unpaired) electrons. The molecule has 0 spiro atoms. The molecule has 1 unspecified atom stereocenters. The number of amides is 1. The summed E-state index contributed by atoms with van der Waals surface area (Å²) >= 11 is 1.13. The highest BCUT2D eigenvalue weighted by molar-refractivity contribution is 8.15. The highest BCUT2D eigenvalue weighted by Gasteiger charge is 2.34. The van der Waals surface area contributed by atoms with Crippen molar-refractivity contribution in [1.29, 1.82) is 0 Å². The molecule has 1 saturated heterocycles. The van der Waals surface area contributed by atoms with E-state index in [1.54, 1.807) is 0 Å². The van der Waals surface area contributed by atoms with Crippen molar-refractivity contribution in [3.8, 4) is 0 Å². The maximum Gasteiger partial charge on any atom is 0.319 e. The van der Waals surface area contributed by atoms with E-state index in [1.807, 2.05) is 0 Å². The minimum absolute atomic E-state index is 0.0485. The van der Waals surface area contributed by atoms with Crippen molar-refractivity contribution < 1.29 is 14.3 Å². The van der Waals surface area contributed by atoms with Gasteiger partial charge in [0.05, 0.1) is 13.5 Å². The Morgan fingerprint density at radius 1 is 1.79 bits per heavy atom. The molecule has 14 heavy (non-hydrogen) atoms. The molecule has 0 aromatic heterocycles. The topological polar surface area (TPSA) is 85.0 Å². The van der Waals surface area contributed by atoms with E-state index >= 15 is 0 Å². The zero-order chi connectivity index (χ0) is 10.7. The zero-order valence-electron chi connectivity index (χ0n) is 7.89. The van der Waals surface area contributed by atoms with E-state index in [-0.39, 0.29) is 12.3 Å². The van der Waals surface area contributed by atoms with Gasteiger partial charge in [0.1, 0.15) is 5.25 Å². The maximum atomic E-state index is 11.3. The average Bonchev–Trinajstić information content (AvgIpc) is 2.20. The lowest BCUT2D eigenvalue weighted by atomic mass is 10.3. The summed E-state index contributed by atoms with van der Waals surface area (Å²) in [4.78, 5) is 26.3. The van der Waals surface area contributed by atoms with Crippen molar-refractivity contribution in [2.75, 3.05) is 14.2 Å². The summed E-state index contributed by atoms with van der Waals surface area (Å²) in [5.74, 6) is 4.65. The summed E-state index contributed by atoms with van der Waals surface area (Å²) in [7, 11) is 2.79. The minimum Gasteiger partial charge on any atom is -0.468 e. The lowest BCUT2D eigenvalue weighted by Crippen LogP contribution is -2.48. The van der Waals surface area contributed by atoms with Crippen molar-refractivity contribution in [2.45, 2.75) is 11.7 Å². The predicted molar refractivity (Wildman–Crippen MR) is 52.4 cm³/mol. The largest absolute Gasteiger partial charge is 0.468 e. The molecule has 7 heteroatoms. The molecular formula is C7H11N3O3S. The van der Waals surface area contributed by atoms with Gasteiger partial charge in [-0.2, -0.15) is 0 Å². The Hall–Kier alpha value is -1.08. The SMILES string of the molecule is CN=C1SC(C(=O)OC)CC(=O)N1N. The third-order valence-electron chi connectivity index (χ3n) is 1.74. The molecule has 1 atom stereocenters. The number of hydrazine groups is 1. The molecule has 6 nitrogen and oxygen atoms in total. The van der Waals surface area contributed by atoms with Crippen LogP contribution in [0.1, 0.15) is 6.42 Å². The number of rotatable bonds is 1. The van der Waals surface area contributed by atoms with Gasteiger partial charge >= 0.3 is 5.97 Å². The molecule has 1 aliphatic heterocycles. The second kappa shape index (κ2) is 4.43. The third-order valence-corrected chi connectivity index (χ3v) is 2.97. The van der Waals surface area contributed by atoms with Crippen LogP contribution in [0, 0.1) is 0 Å². The van der Waals surface area contributed by atoms with Crippen LogP contribution in [-0.2, 0) is 14.3 Å². The van der Waals surface area contributed by atoms with Crippen LogP contribution in [0.15, 0.2) is 4.99 Å². The van der Waals surface area contributed by atoms with Gasteiger partial charge in [-0.3, -0.25) is 14.6 Å². The van der Waals surface area contributed by atoms with Crippen LogP contribution in [0.4, 0.5) is 0 Å². The van der Waals surface area contributed by atoms with E-state index in [2.05, 4.69) is 9.73 Å². The fourth-order valence-electron chi connectivity index (χ4n) is 1.01. The Balaban J connectivity index is 2.78. The number of methoxy groups -OCH3 is 1. The molecule has 1 rings (SSSR count). The molecule has 1 heterocycles. The highest BCUT2D eigenvalue weighted by Crippen LogP contribution is 2.25. The molecule has 0 aliphatic carbocycles. The number of hydrogen-bond donors (Lipinski definition) is 1. The Kier molecular flexibility index (Phi) is 3.48. The second-order valence-electron chi connectivity index (χ2n) is 2.60. The molecular weight excluding hydrogens is 206 g/mol. The predicted octanol–water partition coefficient (Wildman–Crippen LogP) is -0.647. The van der Waals surface area contributed by atoms with Crippen LogP contribution >= 0.6 is 11.8 Å². The minimum atomic E-state index is -0.536. The van der Waals surface area contributed by atoms with Gasteiger partial charge in [0.2, 0.25) is 5.91 Å². The molecule has 0 saturated carbocycles. The molecule has 1 amide bonds. The van der Waals surface area contributed by atoms with Gasteiger partial charge in [-0.15, -0.1) is 0 Å². The summed E-state index contributed by atoms with van der Waals surface area (Å²) in [5.41, 5.74) is 0. The molecule has 0 bridgehead atoms. The summed E-state index contributed by atoms with van der Waals surface area (Å²) in [5, 5.41) is 0.743. The fourth-order valence-corrected chi connectivity index (χ4v) is 2.01. The summed E-state index contributed by atoms with van der Waals surface area (Å²) in [6.07, 6.45) is 0.0485. The van der Waals surface area contributed by atoms with Crippen molar-refractivity contribution in [3.05, 3.63) is 0 Å². The first kappa shape index (κ1) is 11.0. The number of hydrogen-bond acceptors (Lipinski definition) is 6. The van der Waals surface area contributed by atoms with Gasteiger partial charge < -0.3 is 4.74 Å². The maximum absolute atomic E-state index is 11.3. The number of carbonyl (C=O) groups excluding carboxylic acids is 2. The Labute approximate surface area is 85.4 Å². The smallest absolute Gasteiger partial charge is 0.319 e.